The van der Waals surface area contributed by atoms with Gasteiger partial charge < -0.3 is 14.8 Å². The zero-order valence-electron chi connectivity index (χ0n) is 15.1. The van der Waals surface area contributed by atoms with Crippen molar-refractivity contribution in [2.24, 2.45) is 0 Å². The topological polar surface area (TPSA) is 54.3 Å². The number of amides is 2. The van der Waals surface area contributed by atoms with Crippen LogP contribution >= 0.6 is 0 Å². The molecule has 1 aromatic carbocycles. The molecule has 136 valence electrons. The van der Waals surface area contributed by atoms with Gasteiger partial charge in [-0.25, -0.2) is 0 Å². The monoisotopic (exact) mass is 351 g/mol. The van der Waals surface area contributed by atoms with Crippen molar-refractivity contribution in [3.05, 3.63) is 59.4 Å². The van der Waals surface area contributed by atoms with E-state index in [9.17, 15) is 9.59 Å². The van der Waals surface area contributed by atoms with Crippen molar-refractivity contribution in [3.63, 3.8) is 0 Å². The molecule has 2 heterocycles. The van der Waals surface area contributed by atoms with Gasteiger partial charge in [0.25, 0.3) is 0 Å². The first kappa shape index (κ1) is 16.9. The van der Waals surface area contributed by atoms with E-state index in [1.807, 2.05) is 54.1 Å². The number of rotatable bonds is 4. The van der Waals surface area contributed by atoms with Crippen LogP contribution in [0.2, 0.25) is 0 Å². The third-order valence-corrected chi connectivity index (χ3v) is 5.51. The van der Waals surface area contributed by atoms with Gasteiger partial charge in [-0.2, -0.15) is 0 Å². The molecule has 2 amide bonds. The molecule has 2 aliphatic rings. The summed E-state index contributed by atoms with van der Waals surface area (Å²) in [5.74, 6) is -0.0714. The van der Waals surface area contributed by atoms with Crippen LogP contribution in [0.4, 0.5) is 0 Å². The van der Waals surface area contributed by atoms with Gasteiger partial charge in [0.05, 0.1) is 5.69 Å². The molecule has 1 aliphatic carbocycles. The van der Waals surface area contributed by atoms with E-state index in [0.717, 1.165) is 36.9 Å². The van der Waals surface area contributed by atoms with Crippen LogP contribution in [0.3, 0.4) is 0 Å². The van der Waals surface area contributed by atoms with Crippen LogP contribution in [0.5, 0.6) is 0 Å². The first-order valence-electron chi connectivity index (χ1n) is 9.42. The van der Waals surface area contributed by atoms with Crippen LogP contribution in [0.15, 0.2) is 42.6 Å². The number of fused-ring (bicyclic) bond motifs is 1. The molecule has 0 bridgehead atoms. The molecule has 2 aromatic rings. The van der Waals surface area contributed by atoms with Gasteiger partial charge in [-0.1, -0.05) is 42.7 Å². The summed E-state index contributed by atoms with van der Waals surface area (Å²) < 4.78 is 1.90. The van der Waals surface area contributed by atoms with Crippen LogP contribution in [-0.2, 0) is 22.7 Å². The molecule has 26 heavy (non-hydrogen) atoms. The highest BCUT2D eigenvalue weighted by molar-refractivity contribution is 5.90. The standard InChI is InChI=1S/C21H25N3O2/c1-15-8-10-16(11-9-15)13-24-19(25)14-23-12-4-7-18(23)20(24)21(26)22-17-5-2-3-6-17/h4,7-12,17,20H,2-3,5-6,13-14H2,1H3,(H,22,26)/t20-/m1/s1. The van der Waals surface area contributed by atoms with E-state index in [1.165, 1.54) is 5.56 Å². The summed E-state index contributed by atoms with van der Waals surface area (Å²) in [6, 6.07) is 11.7. The van der Waals surface area contributed by atoms with E-state index >= 15 is 0 Å². The van der Waals surface area contributed by atoms with Gasteiger partial charge in [0.15, 0.2) is 6.04 Å². The average molecular weight is 351 g/mol. The van der Waals surface area contributed by atoms with Crippen molar-refractivity contribution in [1.82, 2.24) is 14.8 Å². The van der Waals surface area contributed by atoms with Crippen LogP contribution in [0.1, 0.15) is 48.5 Å². The van der Waals surface area contributed by atoms with E-state index in [4.69, 9.17) is 0 Å². The Morgan fingerprint density at radius 2 is 1.88 bits per heavy atom. The number of carbonyl (C=O) groups excluding carboxylic acids is 2. The lowest BCUT2D eigenvalue weighted by molar-refractivity contribution is -0.144. The number of aryl methyl sites for hydroxylation is 1. The molecule has 1 atom stereocenters. The number of nitrogens with zero attached hydrogens (tertiary/aromatic N) is 2. The molecule has 1 saturated carbocycles. The molecule has 1 fully saturated rings. The van der Waals surface area contributed by atoms with E-state index in [1.54, 1.807) is 4.90 Å². The smallest absolute Gasteiger partial charge is 0.249 e. The second-order valence-corrected chi connectivity index (χ2v) is 7.46. The molecular weight excluding hydrogens is 326 g/mol. The van der Waals surface area contributed by atoms with Gasteiger partial charge in [0.1, 0.15) is 6.54 Å². The largest absolute Gasteiger partial charge is 0.351 e. The first-order chi connectivity index (χ1) is 12.6. The molecule has 5 heteroatoms. The summed E-state index contributed by atoms with van der Waals surface area (Å²) in [7, 11) is 0. The Labute approximate surface area is 154 Å². The number of hydrogen-bond acceptors (Lipinski definition) is 2. The Morgan fingerprint density at radius 1 is 1.15 bits per heavy atom. The third kappa shape index (κ3) is 3.26. The molecule has 5 nitrogen and oxygen atoms in total. The van der Waals surface area contributed by atoms with Crippen molar-refractivity contribution in [2.75, 3.05) is 0 Å². The van der Waals surface area contributed by atoms with Crippen molar-refractivity contribution in [2.45, 2.75) is 57.8 Å². The third-order valence-electron chi connectivity index (χ3n) is 5.51. The maximum atomic E-state index is 13.1. The van der Waals surface area contributed by atoms with Gasteiger partial charge in [-0.05, 0) is 37.5 Å². The molecule has 4 rings (SSSR count). The van der Waals surface area contributed by atoms with Crippen molar-refractivity contribution < 1.29 is 9.59 Å². The molecule has 1 N–H and O–H groups in total. The van der Waals surface area contributed by atoms with E-state index in [0.29, 0.717) is 13.1 Å². The predicted molar refractivity (Wildman–Crippen MR) is 99.3 cm³/mol. The van der Waals surface area contributed by atoms with Crippen molar-refractivity contribution in [3.8, 4) is 0 Å². The fourth-order valence-corrected chi connectivity index (χ4v) is 4.06. The lowest BCUT2D eigenvalue weighted by atomic mass is 10.0. The zero-order valence-corrected chi connectivity index (χ0v) is 15.1. The van der Waals surface area contributed by atoms with Gasteiger partial charge in [-0.3, -0.25) is 9.59 Å². The average Bonchev–Trinajstić information content (AvgIpc) is 3.28. The number of benzene rings is 1. The number of aromatic nitrogens is 1. The van der Waals surface area contributed by atoms with Crippen molar-refractivity contribution >= 4 is 11.8 Å². The van der Waals surface area contributed by atoms with Crippen molar-refractivity contribution in [1.29, 1.82) is 0 Å². The minimum atomic E-state index is -0.562. The summed E-state index contributed by atoms with van der Waals surface area (Å²) in [6.07, 6.45) is 6.28. The molecule has 0 unspecified atom stereocenters. The first-order valence-corrected chi connectivity index (χ1v) is 9.42. The fourth-order valence-electron chi connectivity index (χ4n) is 4.06. The van der Waals surface area contributed by atoms with Crippen LogP contribution in [0.25, 0.3) is 0 Å². The maximum absolute atomic E-state index is 13.1. The summed E-state index contributed by atoms with van der Waals surface area (Å²) >= 11 is 0. The molecule has 0 spiro atoms. The summed E-state index contributed by atoms with van der Waals surface area (Å²) in [5.41, 5.74) is 3.12. The lowest BCUT2D eigenvalue weighted by Crippen LogP contribution is -2.50. The lowest BCUT2D eigenvalue weighted by Gasteiger charge is -2.36. The Morgan fingerprint density at radius 3 is 2.62 bits per heavy atom. The highest BCUT2D eigenvalue weighted by Gasteiger charge is 2.38. The van der Waals surface area contributed by atoms with Gasteiger partial charge >= 0.3 is 0 Å². The van der Waals surface area contributed by atoms with E-state index in [-0.39, 0.29) is 17.9 Å². The van der Waals surface area contributed by atoms with Crippen LogP contribution in [0, 0.1) is 6.92 Å². The molecule has 0 radical (unpaired) electrons. The highest BCUT2D eigenvalue weighted by atomic mass is 16.2. The predicted octanol–water partition coefficient (Wildman–Crippen LogP) is 2.94. The number of carbonyl (C=O) groups is 2. The second-order valence-electron chi connectivity index (χ2n) is 7.46. The minimum absolute atomic E-state index is 0.0131. The Balaban J connectivity index is 1.62. The fraction of sp³-hybridized carbons (Fsp3) is 0.429. The van der Waals surface area contributed by atoms with E-state index in [2.05, 4.69) is 5.32 Å². The minimum Gasteiger partial charge on any atom is -0.351 e. The summed E-state index contributed by atoms with van der Waals surface area (Å²) in [4.78, 5) is 27.6. The molecule has 1 aromatic heterocycles. The Hall–Kier alpha value is -2.56. The number of hydrogen-bond donors (Lipinski definition) is 1. The molecule has 0 saturated heterocycles. The second kappa shape index (κ2) is 6.98. The SMILES string of the molecule is Cc1ccc(CN2C(=O)Cn3cccc3[C@@H]2C(=O)NC2CCCC2)cc1. The Kier molecular flexibility index (Phi) is 4.53. The van der Waals surface area contributed by atoms with Gasteiger partial charge in [0.2, 0.25) is 11.8 Å². The summed E-state index contributed by atoms with van der Waals surface area (Å²) in [5, 5.41) is 3.18. The van der Waals surface area contributed by atoms with Crippen LogP contribution in [-0.4, -0.2) is 27.3 Å². The van der Waals surface area contributed by atoms with Gasteiger partial charge in [0, 0.05) is 18.8 Å². The number of nitrogens with one attached hydrogen (secondary N) is 1. The van der Waals surface area contributed by atoms with E-state index < -0.39 is 6.04 Å². The van der Waals surface area contributed by atoms with Gasteiger partial charge in [-0.15, -0.1) is 0 Å². The zero-order chi connectivity index (χ0) is 18.1. The molecule has 1 aliphatic heterocycles. The highest BCUT2D eigenvalue weighted by Crippen LogP contribution is 2.30. The normalized spacial score (nSPS) is 20.3. The molecular formula is C21H25N3O2. The maximum Gasteiger partial charge on any atom is 0.249 e. The van der Waals surface area contributed by atoms with Crippen LogP contribution < -0.4 is 5.32 Å². The summed E-state index contributed by atoms with van der Waals surface area (Å²) in [6.45, 7) is 2.79. The Bertz CT molecular complexity index is 803. The quantitative estimate of drug-likeness (QED) is 0.921.